The Labute approximate surface area is 114 Å². The lowest BCUT2D eigenvalue weighted by molar-refractivity contribution is -0.128. The van der Waals surface area contributed by atoms with E-state index >= 15 is 0 Å². The van der Waals surface area contributed by atoms with Gasteiger partial charge in [0.15, 0.2) is 0 Å². The van der Waals surface area contributed by atoms with Crippen molar-refractivity contribution in [2.24, 2.45) is 0 Å². The van der Waals surface area contributed by atoms with Crippen molar-refractivity contribution in [3.8, 4) is 11.5 Å². The largest absolute Gasteiger partial charge is 0.422 e. The summed E-state index contributed by atoms with van der Waals surface area (Å²) in [5.41, 5.74) is 1.80. The van der Waals surface area contributed by atoms with Gasteiger partial charge in [-0.05, 0) is 12.1 Å². The number of esters is 2. The molecule has 0 saturated carbocycles. The molecule has 0 radical (unpaired) electrons. The highest BCUT2D eigenvalue weighted by molar-refractivity contribution is 6.41. The van der Waals surface area contributed by atoms with Crippen LogP contribution in [-0.2, 0) is 9.59 Å². The first-order valence-corrected chi connectivity index (χ1v) is 6.13. The lowest BCUT2D eigenvalue weighted by atomic mass is 9.96. The summed E-state index contributed by atoms with van der Waals surface area (Å²) >= 11 is 0. The van der Waals surface area contributed by atoms with Gasteiger partial charge in [0.1, 0.15) is 11.5 Å². The minimum atomic E-state index is -0.519. The van der Waals surface area contributed by atoms with Crippen LogP contribution in [0.1, 0.15) is 11.1 Å². The van der Waals surface area contributed by atoms with Gasteiger partial charge in [0, 0.05) is 11.1 Å². The van der Waals surface area contributed by atoms with Gasteiger partial charge >= 0.3 is 11.9 Å². The Morgan fingerprint density at radius 1 is 0.600 bits per heavy atom. The van der Waals surface area contributed by atoms with Gasteiger partial charge in [0.05, 0.1) is 11.1 Å². The van der Waals surface area contributed by atoms with E-state index in [1.165, 1.54) is 0 Å². The first kappa shape index (κ1) is 11.0. The van der Waals surface area contributed by atoms with Crippen LogP contribution in [0.15, 0.2) is 48.5 Å². The van der Waals surface area contributed by atoms with E-state index < -0.39 is 11.9 Å². The van der Waals surface area contributed by atoms with Gasteiger partial charge < -0.3 is 9.47 Å². The summed E-state index contributed by atoms with van der Waals surface area (Å²) in [7, 11) is 0. The number of hydrogen-bond acceptors (Lipinski definition) is 4. The molecule has 0 aliphatic carbocycles. The quantitative estimate of drug-likeness (QED) is 0.416. The van der Waals surface area contributed by atoms with E-state index in [0.29, 0.717) is 22.6 Å². The Morgan fingerprint density at radius 3 is 1.45 bits per heavy atom. The third kappa shape index (κ3) is 1.36. The Morgan fingerprint density at radius 2 is 1.00 bits per heavy atom. The van der Waals surface area contributed by atoms with Crippen LogP contribution in [0.5, 0.6) is 11.5 Å². The molecule has 4 nitrogen and oxygen atoms in total. The molecule has 0 N–H and O–H groups in total. The maximum absolute atomic E-state index is 12.1. The van der Waals surface area contributed by atoms with Gasteiger partial charge in [-0.2, -0.15) is 0 Å². The molecule has 2 aromatic rings. The normalized spacial score (nSPS) is 19.4. The second-order valence-electron chi connectivity index (χ2n) is 4.52. The van der Waals surface area contributed by atoms with Crippen LogP contribution in [0.25, 0.3) is 11.1 Å². The van der Waals surface area contributed by atoms with Gasteiger partial charge in [-0.3, -0.25) is 0 Å². The minimum absolute atomic E-state index is 0.274. The van der Waals surface area contributed by atoms with Crippen LogP contribution >= 0.6 is 0 Å². The molecule has 4 heteroatoms. The molecule has 0 unspecified atom stereocenters. The fraction of sp³-hybridized carbons (Fsp3) is 0. The standard InChI is InChI=1S/C16H8O4/c17-15-13(9-5-1-3-7-11(9)19-15)14-10-6-2-4-8-12(10)20-16(14)18/h1-8H/b14-13+. The number of fused-ring (bicyclic) bond motifs is 2. The smallest absolute Gasteiger partial charge is 0.345 e. The Balaban J connectivity index is 2.05. The number of benzene rings is 2. The molecule has 0 amide bonds. The van der Waals surface area contributed by atoms with Crippen LogP contribution in [0.3, 0.4) is 0 Å². The molecule has 0 bridgehead atoms. The first-order valence-electron chi connectivity index (χ1n) is 6.13. The molecular formula is C16H8O4. The molecule has 2 aliphatic heterocycles. The Hall–Kier alpha value is -2.88. The molecule has 0 atom stereocenters. The van der Waals surface area contributed by atoms with Gasteiger partial charge in [0.25, 0.3) is 0 Å². The highest BCUT2D eigenvalue weighted by Crippen LogP contribution is 2.43. The number of carbonyl (C=O) groups is 2. The van der Waals surface area contributed by atoms with Crippen molar-refractivity contribution in [1.29, 1.82) is 0 Å². The highest BCUT2D eigenvalue weighted by Gasteiger charge is 2.37. The second-order valence-corrected chi connectivity index (χ2v) is 4.52. The lowest BCUT2D eigenvalue weighted by Gasteiger charge is -1.99. The fourth-order valence-corrected chi connectivity index (χ4v) is 2.52. The van der Waals surface area contributed by atoms with E-state index in [0.717, 1.165) is 0 Å². The van der Waals surface area contributed by atoms with Gasteiger partial charge in [-0.15, -0.1) is 0 Å². The first-order chi connectivity index (χ1) is 9.75. The zero-order chi connectivity index (χ0) is 13.7. The average molecular weight is 264 g/mol. The van der Waals surface area contributed by atoms with Crippen molar-refractivity contribution in [2.75, 3.05) is 0 Å². The zero-order valence-corrected chi connectivity index (χ0v) is 10.3. The van der Waals surface area contributed by atoms with Gasteiger partial charge in [0.2, 0.25) is 0 Å². The number of para-hydroxylation sites is 2. The van der Waals surface area contributed by atoms with Crippen molar-refractivity contribution >= 4 is 23.1 Å². The third-order valence-electron chi connectivity index (χ3n) is 3.38. The highest BCUT2D eigenvalue weighted by atomic mass is 16.5. The third-order valence-corrected chi connectivity index (χ3v) is 3.38. The summed E-state index contributed by atoms with van der Waals surface area (Å²) in [4.78, 5) is 24.2. The van der Waals surface area contributed by atoms with Gasteiger partial charge in [-0.1, -0.05) is 36.4 Å². The monoisotopic (exact) mass is 264 g/mol. The van der Waals surface area contributed by atoms with E-state index in [2.05, 4.69) is 0 Å². The predicted molar refractivity (Wildman–Crippen MR) is 71.0 cm³/mol. The summed E-state index contributed by atoms with van der Waals surface area (Å²) in [5.74, 6) is -0.0981. The predicted octanol–water partition coefficient (Wildman–Crippen LogP) is 2.44. The average Bonchev–Trinajstić information content (AvgIpc) is 2.94. The molecule has 20 heavy (non-hydrogen) atoms. The molecule has 2 aliphatic rings. The summed E-state index contributed by atoms with van der Waals surface area (Å²) in [6.07, 6.45) is 0. The maximum atomic E-state index is 12.1. The van der Waals surface area contributed by atoms with Crippen LogP contribution < -0.4 is 9.47 Å². The van der Waals surface area contributed by atoms with Gasteiger partial charge in [-0.25, -0.2) is 9.59 Å². The molecule has 0 saturated heterocycles. The molecule has 0 fully saturated rings. The molecule has 0 spiro atoms. The Bertz CT molecular complexity index is 734. The maximum Gasteiger partial charge on any atom is 0.345 e. The molecular weight excluding hydrogens is 256 g/mol. The van der Waals surface area contributed by atoms with Crippen molar-refractivity contribution in [3.63, 3.8) is 0 Å². The molecule has 0 aromatic heterocycles. The number of rotatable bonds is 0. The van der Waals surface area contributed by atoms with Crippen LogP contribution in [0, 0.1) is 0 Å². The molecule has 96 valence electrons. The van der Waals surface area contributed by atoms with Crippen molar-refractivity contribution in [1.82, 2.24) is 0 Å². The van der Waals surface area contributed by atoms with Crippen molar-refractivity contribution < 1.29 is 19.1 Å². The summed E-state index contributed by atoms with van der Waals surface area (Å²) in [5, 5.41) is 0. The van der Waals surface area contributed by atoms with E-state index in [9.17, 15) is 9.59 Å². The van der Waals surface area contributed by atoms with Crippen LogP contribution in [0.4, 0.5) is 0 Å². The molecule has 4 rings (SSSR count). The van der Waals surface area contributed by atoms with E-state index in [-0.39, 0.29) is 11.1 Å². The van der Waals surface area contributed by atoms with E-state index in [4.69, 9.17) is 9.47 Å². The fourth-order valence-electron chi connectivity index (χ4n) is 2.52. The van der Waals surface area contributed by atoms with Crippen molar-refractivity contribution in [2.45, 2.75) is 0 Å². The zero-order valence-electron chi connectivity index (χ0n) is 10.3. The molecule has 2 heterocycles. The summed E-state index contributed by atoms with van der Waals surface area (Å²) in [6, 6.07) is 14.1. The molecule has 2 aromatic carbocycles. The number of carbonyl (C=O) groups excluding carboxylic acids is 2. The van der Waals surface area contributed by atoms with E-state index in [1.807, 2.05) is 0 Å². The van der Waals surface area contributed by atoms with Crippen LogP contribution in [-0.4, -0.2) is 11.9 Å². The second kappa shape index (κ2) is 3.81. The minimum Gasteiger partial charge on any atom is -0.422 e. The summed E-state index contributed by atoms with van der Waals surface area (Å²) < 4.78 is 10.4. The Kier molecular flexibility index (Phi) is 2.09. The SMILES string of the molecule is O=C1Oc2ccccc2/C1=C1\C(=O)Oc2ccccc21. The topological polar surface area (TPSA) is 52.6 Å². The number of ether oxygens (including phenoxy) is 2. The van der Waals surface area contributed by atoms with Crippen molar-refractivity contribution in [3.05, 3.63) is 59.7 Å². The van der Waals surface area contributed by atoms with Crippen LogP contribution in [0.2, 0.25) is 0 Å². The number of hydrogen-bond donors (Lipinski definition) is 0. The lowest BCUT2D eigenvalue weighted by Crippen LogP contribution is -2.08. The van der Waals surface area contributed by atoms with E-state index in [1.54, 1.807) is 48.5 Å². The summed E-state index contributed by atoms with van der Waals surface area (Å²) in [6.45, 7) is 0.